The van der Waals surface area contributed by atoms with Crippen LogP contribution in [0.2, 0.25) is 0 Å². The lowest BCUT2D eigenvalue weighted by Crippen LogP contribution is -2.29. The third-order valence-electron chi connectivity index (χ3n) is 1.93. The number of hydrogen-bond acceptors (Lipinski definition) is 2. The molecule has 1 rings (SSSR count). The fourth-order valence-corrected chi connectivity index (χ4v) is 2.52. The summed E-state index contributed by atoms with van der Waals surface area (Å²) in [4.78, 5) is 22.6. The summed E-state index contributed by atoms with van der Waals surface area (Å²) in [6, 6.07) is 2.56. The highest BCUT2D eigenvalue weighted by Crippen LogP contribution is 2.30. The number of hydrogen-bond donors (Lipinski definition) is 3. The summed E-state index contributed by atoms with van der Waals surface area (Å²) >= 11 is 6.40. The number of rotatable bonds is 4. The van der Waals surface area contributed by atoms with Gasteiger partial charge in [0, 0.05) is 15.5 Å². The number of benzene rings is 1. The molecular weight excluding hydrogens is 368 g/mol. The highest BCUT2D eigenvalue weighted by Gasteiger charge is 2.16. The van der Waals surface area contributed by atoms with Crippen molar-refractivity contribution >= 4 is 49.5 Å². The van der Waals surface area contributed by atoms with E-state index < -0.39 is 12.0 Å². The van der Waals surface area contributed by atoms with Crippen LogP contribution in [0.3, 0.4) is 0 Å². The molecule has 0 atom stereocenters. The molecule has 0 saturated heterocycles. The average Bonchev–Trinajstić information content (AvgIpc) is 2.29. The number of carboxylic acids is 1. The van der Waals surface area contributed by atoms with Crippen molar-refractivity contribution in [2.45, 2.75) is 0 Å². The van der Waals surface area contributed by atoms with Crippen LogP contribution in [0.15, 0.2) is 33.7 Å². The molecule has 3 N–H and O–H groups in total. The van der Waals surface area contributed by atoms with E-state index in [9.17, 15) is 9.59 Å². The maximum Gasteiger partial charge on any atom is 0.337 e. The Balaban J connectivity index is 3.03. The van der Waals surface area contributed by atoms with Gasteiger partial charge in [0.1, 0.15) is 0 Å². The van der Waals surface area contributed by atoms with Gasteiger partial charge in [0.2, 0.25) is 0 Å². The summed E-state index contributed by atoms with van der Waals surface area (Å²) in [5, 5.41) is 14.0. The molecule has 0 aliphatic carbocycles. The first kappa shape index (κ1) is 14.7. The van der Waals surface area contributed by atoms with Gasteiger partial charge in [0.05, 0.1) is 11.3 Å². The zero-order valence-electron chi connectivity index (χ0n) is 9.17. The molecule has 5 nitrogen and oxygen atoms in total. The Hall–Kier alpha value is -1.34. The van der Waals surface area contributed by atoms with Crippen LogP contribution < -0.4 is 10.6 Å². The van der Waals surface area contributed by atoms with Gasteiger partial charge in [-0.1, -0.05) is 22.0 Å². The Morgan fingerprint density at radius 1 is 1.39 bits per heavy atom. The third kappa shape index (κ3) is 3.85. The largest absolute Gasteiger partial charge is 0.478 e. The first-order valence-electron chi connectivity index (χ1n) is 4.83. The molecule has 1 aromatic carbocycles. The maximum absolute atomic E-state index is 11.5. The minimum absolute atomic E-state index is 0.00926. The molecule has 0 aliphatic rings. The van der Waals surface area contributed by atoms with Gasteiger partial charge in [-0.05, 0) is 28.1 Å². The number of amides is 2. The van der Waals surface area contributed by atoms with E-state index in [4.69, 9.17) is 5.11 Å². The fourth-order valence-electron chi connectivity index (χ4n) is 1.19. The number of carboxylic acid groups (broad SMARTS) is 1. The summed E-state index contributed by atoms with van der Waals surface area (Å²) in [5.41, 5.74) is 0.192. The van der Waals surface area contributed by atoms with Crippen molar-refractivity contribution in [1.82, 2.24) is 5.32 Å². The Bertz CT molecular complexity index is 503. The van der Waals surface area contributed by atoms with Gasteiger partial charge in [0.15, 0.2) is 0 Å². The Kier molecular flexibility index (Phi) is 5.36. The lowest BCUT2D eigenvalue weighted by molar-refractivity contribution is 0.0698. The monoisotopic (exact) mass is 376 g/mol. The maximum atomic E-state index is 11.5. The van der Waals surface area contributed by atoms with Gasteiger partial charge in [-0.15, -0.1) is 6.58 Å². The molecule has 0 radical (unpaired) electrons. The number of anilines is 1. The van der Waals surface area contributed by atoms with Crippen molar-refractivity contribution in [3.8, 4) is 0 Å². The van der Waals surface area contributed by atoms with Crippen LogP contribution in [0, 0.1) is 0 Å². The molecule has 0 heterocycles. The summed E-state index contributed by atoms with van der Waals surface area (Å²) in [6.07, 6.45) is 1.52. The van der Waals surface area contributed by atoms with Gasteiger partial charge in [-0.25, -0.2) is 9.59 Å². The predicted molar refractivity (Wildman–Crippen MR) is 76.0 cm³/mol. The summed E-state index contributed by atoms with van der Waals surface area (Å²) in [7, 11) is 0. The van der Waals surface area contributed by atoms with E-state index in [0.29, 0.717) is 15.5 Å². The van der Waals surface area contributed by atoms with Crippen LogP contribution in [0.1, 0.15) is 10.4 Å². The zero-order valence-corrected chi connectivity index (χ0v) is 12.3. The van der Waals surface area contributed by atoms with Crippen LogP contribution in [0.4, 0.5) is 10.5 Å². The molecule has 0 aromatic heterocycles. The van der Waals surface area contributed by atoms with E-state index >= 15 is 0 Å². The van der Waals surface area contributed by atoms with Crippen molar-refractivity contribution < 1.29 is 14.7 Å². The Morgan fingerprint density at radius 3 is 2.61 bits per heavy atom. The SMILES string of the molecule is C=CCNC(=O)Nc1c(Br)cc(Br)cc1C(=O)O. The molecule has 1 aromatic rings. The molecule has 7 heteroatoms. The van der Waals surface area contributed by atoms with E-state index in [2.05, 4.69) is 49.1 Å². The second-order valence-corrected chi connectivity index (χ2v) is 5.01. The topological polar surface area (TPSA) is 78.4 Å². The smallest absolute Gasteiger partial charge is 0.337 e. The molecule has 18 heavy (non-hydrogen) atoms. The molecule has 0 spiro atoms. The van der Waals surface area contributed by atoms with Crippen molar-refractivity contribution in [2.75, 3.05) is 11.9 Å². The number of urea groups is 1. The number of carbonyl (C=O) groups excluding carboxylic acids is 1. The first-order valence-corrected chi connectivity index (χ1v) is 6.42. The zero-order chi connectivity index (χ0) is 13.7. The first-order chi connectivity index (χ1) is 8.45. The molecule has 96 valence electrons. The predicted octanol–water partition coefficient (Wildman–Crippen LogP) is 3.22. The lowest BCUT2D eigenvalue weighted by Gasteiger charge is -2.11. The molecule has 0 saturated carbocycles. The average molecular weight is 378 g/mol. The van der Waals surface area contributed by atoms with Gasteiger partial charge < -0.3 is 15.7 Å². The molecular formula is C11H10Br2N2O3. The van der Waals surface area contributed by atoms with Crippen LogP contribution in [-0.2, 0) is 0 Å². The van der Waals surface area contributed by atoms with Crippen molar-refractivity contribution in [1.29, 1.82) is 0 Å². The quantitative estimate of drug-likeness (QED) is 0.705. The number of nitrogens with one attached hydrogen (secondary N) is 2. The summed E-state index contributed by atoms with van der Waals surface area (Å²) in [6.45, 7) is 3.76. The van der Waals surface area contributed by atoms with E-state index in [0.717, 1.165) is 0 Å². The molecule has 2 amide bonds. The fraction of sp³-hybridized carbons (Fsp3) is 0.0909. The number of carbonyl (C=O) groups is 2. The van der Waals surface area contributed by atoms with E-state index in [1.807, 2.05) is 0 Å². The van der Waals surface area contributed by atoms with Crippen molar-refractivity contribution in [3.63, 3.8) is 0 Å². The minimum atomic E-state index is -1.13. The van der Waals surface area contributed by atoms with Gasteiger partial charge in [0.25, 0.3) is 0 Å². The second kappa shape index (κ2) is 6.55. The van der Waals surface area contributed by atoms with Gasteiger partial charge in [-0.2, -0.15) is 0 Å². The summed E-state index contributed by atoms with van der Waals surface area (Å²) < 4.78 is 1.08. The van der Waals surface area contributed by atoms with E-state index in [-0.39, 0.29) is 11.3 Å². The third-order valence-corrected chi connectivity index (χ3v) is 3.01. The number of halogens is 2. The molecule has 0 aliphatic heterocycles. The van der Waals surface area contributed by atoms with Crippen LogP contribution in [0.5, 0.6) is 0 Å². The van der Waals surface area contributed by atoms with Crippen molar-refractivity contribution in [2.24, 2.45) is 0 Å². The Morgan fingerprint density at radius 2 is 2.06 bits per heavy atom. The van der Waals surface area contributed by atoms with Gasteiger partial charge >= 0.3 is 12.0 Å². The highest BCUT2D eigenvalue weighted by atomic mass is 79.9. The van der Waals surface area contributed by atoms with Crippen LogP contribution in [-0.4, -0.2) is 23.7 Å². The normalized spacial score (nSPS) is 9.67. The minimum Gasteiger partial charge on any atom is -0.478 e. The lowest BCUT2D eigenvalue weighted by atomic mass is 10.2. The van der Waals surface area contributed by atoms with Crippen LogP contribution in [0.25, 0.3) is 0 Å². The highest BCUT2D eigenvalue weighted by molar-refractivity contribution is 9.11. The van der Waals surface area contributed by atoms with Crippen molar-refractivity contribution in [3.05, 3.63) is 39.3 Å². The molecule has 0 unspecified atom stereocenters. The Labute approximate surface area is 121 Å². The molecule has 0 fully saturated rings. The number of aromatic carboxylic acids is 1. The molecule has 0 bridgehead atoms. The van der Waals surface area contributed by atoms with Gasteiger partial charge in [-0.3, -0.25) is 0 Å². The summed E-state index contributed by atoms with van der Waals surface area (Å²) in [5.74, 6) is -1.13. The van der Waals surface area contributed by atoms with Crippen LogP contribution >= 0.6 is 31.9 Å². The standard InChI is InChI=1S/C11H10Br2N2O3/c1-2-3-14-11(18)15-9-7(10(16)17)4-6(12)5-8(9)13/h2,4-5H,1,3H2,(H,16,17)(H2,14,15,18). The second-order valence-electron chi connectivity index (χ2n) is 3.24. The van der Waals surface area contributed by atoms with E-state index in [1.54, 1.807) is 6.07 Å². The van der Waals surface area contributed by atoms with E-state index in [1.165, 1.54) is 12.1 Å².